The molecule has 0 heterocycles. The van der Waals surface area contributed by atoms with Crippen molar-refractivity contribution in [2.75, 3.05) is 6.66 Å². The SMILES string of the molecule is CP.Cc1cc(P)c(I)c(P)c1C. The molecule has 0 spiro atoms. The second-order valence-electron chi connectivity index (χ2n) is 2.64. The van der Waals surface area contributed by atoms with E-state index >= 15 is 0 Å². The second kappa shape index (κ2) is 6.67. The second-order valence-corrected chi connectivity index (χ2v) is 4.91. The quantitative estimate of drug-likeness (QED) is 0.501. The van der Waals surface area contributed by atoms with Gasteiger partial charge in [-0.1, -0.05) is 12.7 Å². The van der Waals surface area contributed by atoms with Crippen molar-refractivity contribution >= 4 is 60.9 Å². The van der Waals surface area contributed by atoms with E-state index in [1.165, 1.54) is 25.3 Å². The van der Waals surface area contributed by atoms with Gasteiger partial charge in [0.1, 0.15) is 0 Å². The Labute approximate surface area is 102 Å². The Bertz CT molecular complexity index is 271. The van der Waals surface area contributed by atoms with Gasteiger partial charge in [-0.2, -0.15) is 0 Å². The Balaban J connectivity index is 0.000000671. The third kappa shape index (κ3) is 3.71. The third-order valence-electron chi connectivity index (χ3n) is 1.86. The Kier molecular flexibility index (Phi) is 7.31. The normalized spacial score (nSPS) is 9.15. The summed E-state index contributed by atoms with van der Waals surface area (Å²) < 4.78 is 1.33. The molecule has 3 unspecified atom stereocenters. The van der Waals surface area contributed by atoms with Crippen LogP contribution in [0.5, 0.6) is 0 Å². The lowest BCUT2D eigenvalue weighted by Crippen LogP contribution is -2.13. The van der Waals surface area contributed by atoms with E-state index in [0.717, 1.165) is 0 Å². The molecule has 1 aromatic carbocycles. The predicted molar refractivity (Wildman–Crippen MR) is 83.0 cm³/mol. The molecule has 0 aromatic heterocycles. The van der Waals surface area contributed by atoms with Gasteiger partial charge in [0.25, 0.3) is 0 Å². The Hall–Kier alpha value is 1.24. The number of halogens is 1. The largest absolute Gasteiger partial charge is 0.141 e. The van der Waals surface area contributed by atoms with Crippen molar-refractivity contribution in [3.05, 3.63) is 20.8 Å². The Morgan fingerprint density at radius 2 is 1.62 bits per heavy atom. The summed E-state index contributed by atoms with van der Waals surface area (Å²) in [6.45, 7) is 6.22. The topological polar surface area (TPSA) is 0 Å². The van der Waals surface area contributed by atoms with Gasteiger partial charge < -0.3 is 0 Å². The van der Waals surface area contributed by atoms with Gasteiger partial charge in [0, 0.05) is 3.57 Å². The van der Waals surface area contributed by atoms with Crippen LogP contribution in [0.25, 0.3) is 0 Å². The van der Waals surface area contributed by atoms with Crippen LogP contribution in [0.3, 0.4) is 0 Å². The van der Waals surface area contributed by atoms with Crippen molar-refractivity contribution in [3.63, 3.8) is 0 Å². The highest BCUT2D eigenvalue weighted by molar-refractivity contribution is 14.1. The molecule has 3 atom stereocenters. The van der Waals surface area contributed by atoms with E-state index in [1.807, 2.05) is 6.66 Å². The van der Waals surface area contributed by atoms with Gasteiger partial charge in [-0.25, -0.2) is 0 Å². The van der Waals surface area contributed by atoms with Gasteiger partial charge in [-0.05, 0) is 58.2 Å². The summed E-state index contributed by atoms with van der Waals surface area (Å²) >= 11 is 2.37. The molecule has 0 amide bonds. The average Bonchev–Trinajstić information content (AvgIpc) is 2.15. The van der Waals surface area contributed by atoms with E-state index in [-0.39, 0.29) is 0 Å². The van der Waals surface area contributed by atoms with Crippen molar-refractivity contribution in [1.82, 2.24) is 0 Å². The molecule has 13 heavy (non-hydrogen) atoms. The molecule has 0 radical (unpaired) electrons. The maximum atomic E-state index is 2.79. The molecule has 4 heteroatoms. The first-order valence-electron chi connectivity index (χ1n) is 3.92. The summed E-state index contributed by atoms with van der Waals surface area (Å²) in [6, 6.07) is 2.20. The van der Waals surface area contributed by atoms with Crippen LogP contribution in [0.4, 0.5) is 0 Å². The molecule has 0 N–H and O–H groups in total. The molecule has 0 aliphatic carbocycles. The van der Waals surface area contributed by atoms with E-state index in [4.69, 9.17) is 0 Å². The van der Waals surface area contributed by atoms with Gasteiger partial charge in [-0.3, -0.25) is 0 Å². The highest BCUT2D eigenvalue weighted by Crippen LogP contribution is 2.12. The molecule has 0 nitrogen and oxygen atoms in total. The number of hydrogen-bond donors (Lipinski definition) is 0. The first-order valence-corrected chi connectivity index (χ1v) is 7.31. The van der Waals surface area contributed by atoms with Crippen LogP contribution in [-0.2, 0) is 0 Å². The molecule has 0 saturated heterocycles. The zero-order chi connectivity index (χ0) is 10.6. The summed E-state index contributed by atoms with van der Waals surface area (Å²) in [5, 5.41) is 2.62. The van der Waals surface area contributed by atoms with Crippen molar-refractivity contribution in [1.29, 1.82) is 0 Å². The van der Waals surface area contributed by atoms with Gasteiger partial charge in [-0.15, -0.1) is 27.7 Å². The fourth-order valence-electron chi connectivity index (χ4n) is 0.937. The zero-order valence-electron chi connectivity index (χ0n) is 8.19. The molecule has 0 fully saturated rings. The van der Waals surface area contributed by atoms with E-state index in [1.54, 1.807) is 0 Å². The maximum absolute atomic E-state index is 2.79. The fourth-order valence-corrected chi connectivity index (χ4v) is 2.46. The van der Waals surface area contributed by atoms with Gasteiger partial charge in [0.2, 0.25) is 0 Å². The van der Waals surface area contributed by atoms with Crippen molar-refractivity contribution < 1.29 is 0 Å². The molecule has 74 valence electrons. The standard InChI is InChI=1S/C8H11IP2.CH5P/c1-4-3-6(10)7(9)8(11)5(4)2;1-2/h3H,10-11H2,1-2H3;2H2,1H3. The molecule has 1 aromatic rings. The van der Waals surface area contributed by atoms with Crippen LogP contribution in [0, 0.1) is 17.4 Å². The van der Waals surface area contributed by atoms with E-state index in [0.29, 0.717) is 0 Å². The lowest BCUT2D eigenvalue weighted by molar-refractivity contribution is 1.37. The first-order chi connectivity index (χ1) is 6.04. The van der Waals surface area contributed by atoms with Crippen LogP contribution >= 0.6 is 50.3 Å². The Morgan fingerprint density at radius 3 is 2.08 bits per heavy atom. The first kappa shape index (κ1) is 14.2. The zero-order valence-corrected chi connectivity index (χ0v) is 13.8. The van der Waals surface area contributed by atoms with E-state index < -0.39 is 0 Å². The highest BCUT2D eigenvalue weighted by atomic mass is 127. The number of benzene rings is 1. The van der Waals surface area contributed by atoms with Crippen molar-refractivity contribution in [2.24, 2.45) is 0 Å². The number of hydrogen-bond acceptors (Lipinski definition) is 0. The third-order valence-corrected chi connectivity index (χ3v) is 5.41. The molecule has 0 aliphatic heterocycles. The smallest absolute Gasteiger partial charge is 0.0276 e. The van der Waals surface area contributed by atoms with Gasteiger partial charge in [0.15, 0.2) is 0 Å². The summed E-state index contributed by atoms with van der Waals surface area (Å²) in [6.07, 6.45) is 0. The van der Waals surface area contributed by atoms with Crippen molar-refractivity contribution in [2.45, 2.75) is 13.8 Å². The number of aryl methyl sites for hydroxylation is 1. The number of rotatable bonds is 0. The minimum atomic E-state index is 1.29. The molecule has 0 bridgehead atoms. The van der Waals surface area contributed by atoms with Crippen LogP contribution in [-0.4, -0.2) is 6.66 Å². The van der Waals surface area contributed by atoms with Crippen LogP contribution in [0.2, 0.25) is 0 Å². The van der Waals surface area contributed by atoms with Gasteiger partial charge in [0.05, 0.1) is 0 Å². The van der Waals surface area contributed by atoms with Crippen LogP contribution < -0.4 is 10.6 Å². The average molecular weight is 344 g/mol. The monoisotopic (exact) mass is 344 g/mol. The summed E-state index contributed by atoms with van der Waals surface area (Å²) in [5.74, 6) is 0. The van der Waals surface area contributed by atoms with Gasteiger partial charge >= 0.3 is 0 Å². The van der Waals surface area contributed by atoms with E-state index in [2.05, 4.69) is 70.2 Å². The molecule has 1 rings (SSSR count). The lowest BCUT2D eigenvalue weighted by atomic mass is 10.1. The predicted octanol–water partition coefficient (Wildman–Crippen LogP) is 2.40. The summed E-state index contributed by atoms with van der Waals surface area (Å²) in [5.41, 5.74) is 2.74. The summed E-state index contributed by atoms with van der Waals surface area (Å²) in [7, 11) is 7.97. The van der Waals surface area contributed by atoms with Crippen molar-refractivity contribution in [3.8, 4) is 0 Å². The molecular formula is C9H16IP3. The highest BCUT2D eigenvalue weighted by Gasteiger charge is 2.04. The minimum Gasteiger partial charge on any atom is -0.141 e. The van der Waals surface area contributed by atoms with Crippen LogP contribution in [0.1, 0.15) is 11.1 Å². The molecule has 0 saturated carbocycles. The molecule has 0 aliphatic rings. The fraction of sp³-hybridized carbons (Fsp3) is 0.333. The minimum absolute atomic E-state index is 1.29. The van der Waals surface area contributed by atoms with E-state index in [9.17, 15) is 0 Å². The van der Waals surface area contributed by atoms with Crippen LogP contribution in [0.15, 0.2) is 6.07 Å². The molecular weight excluding hydrogens is 328 g/mol. The Morgan fingerprint density at radius 1 is 1.15 bits per heavy atom. The maximum Gasteiger partial charge on any atom is 0.0276 e. The lowest BCUT2D eigenvalue weighted by Gasteiger charge is -2.08. The summed E-state index contributed by atoms with van der Waals surface area (Å²) in [4.78, 5) is 0.